The van der Waals surface area contributed by atoms with Crippen LogP contribution in [0.3, 0.4) is 0 Å². The molecule has 14 heteroatoms. The molecule has 220 valence electrons. The molecular formula is C28H31BrFN7O4Si. The lowest BCUT2D eigenvalue weighted by molar-refractivity contribution is -0.390. The van der Waals surface area contributed by atoms with E-state index in [2.05, 4.69) is 56.8 Å². The third-order valence-electron chi connectivity index (χ3n) is 6.53. The number of nitro groups is 1. The zero-order valence-electron chi connectivity index (χ0n) is 24.0. The van der Waals surface area contributed by atoms with Gasteiger partial charge >= 0.3 is 5.82 Å². The minimum Gasteiger partial charge on any atom is -0.478 e. The monoisotopic (exact) mass is 655 g/mol. The second-order valence-corrected chi connectivity index (χ2v) is 17.6. The largest absolute Gasteiger partial charge is 0.478 e. The highest BCUT2D eigenvalue weighted by molar-refractivity contribution is 9.10. The predicted octanol–water partition coefficient (Wildman–Crippen LogP) is 6.40. The number of aromatic nitrogens is 5. The van der Waals surface area contributed by atoms with E-state index in [0.29, 0.717) is 45.7 Å². The second kappa shape index (κ2) is 12.9. The summed E-state index contributed by atoms with van der Waals surface area (Å²) in [6, 6.07) is 10.6. The number of ether oxygens (including phenoxy) is 2. The van der Waals surface area contributed by atoms with Gasteiger partial charge in [0.05, 0.1) is 22.1 Å². The maximum absolute atomic E-state index is 14.6. The summed E-state index contributed by atoms with van der Waals surface area (Å²) >= 11 is 3.27. The molecule has 1 aromatic carbocycles. The van der Waals surface area contributed by atoms with Gasteiger partial charge in [0, 0.05) is 50.9 Å². The summed E-state index contributed by atoms with van der Waals surface area (Å²) in [5, 5.41) is 30.2. The van der Waals surface area contributed by atoms with Gasteiger partial charge in [-0.05, 0) is 57.0 Å². The Morgan fingerprint density at radius 1 is 1.24 bits per heavy atom. The molecule has 4 rings (SSSR count). The van der Waals surface area contributed by atoms with E-state index >= 15 is 0 Å². The molecule has 1 unspecified atom stereocenters. The fourth-order valence-electron chi connectivity index (χ4n) is 4.41. The van der Waals surface area contributed by atoms with Crippen molar-refractivity contribution in [2.24, 2.45) is 7.05 Å². The van der Waals surface area contributed by atoms with E-state index in [1.54, 1.807) is 37.0 Å². The molecule has 0 aliphatic rings. The van der Waals surface area contributed by atoms with Crippen LogP contribution in [0.5, 0.6) is 5.75 Å². The van der Waals surface area contributed by atoms with Crippen molar-refractivity contribution in [1.82, 2.24) is 24.5 Å². The van der Waals surface area contributed by atoms with Crippen LogP contribution in [0.4, 0.5) is 10.2 Å². The van der Waals surface area contributed by atoms with Crippen LogP contribution in [0.2, 0.25) is 25.7 Å². The minimum atomic E-state index is -1.25. The van der Waals surface area contributed by atoms with Gasteiger partial charge in [0.1, 0.15) is 30.4 Å². The molecule has 0 amide bonds. The Kier molecular flexibility index (Phi) is 9.55. The molecule has 0 saturated heterocycles. The third kappa shape index (κ3) is 7.47. The Morgan fingerprint density at radius 2 is 2.00 bits per heavy atom. The molecule has 0 radical (unpaired) electrons. The highest BCUT2D eigenvalue weighted by Crippen LogP contribution is 2.37. The maximum atomic E-state index is 14.6. The van der Waals surface area contributed by atoms with Crippen LogP contribution in [0.1, 0.15) is 35.5 Å². The van der Waals surface area contributed by atoms with Gasteiger partial charge in [-0.15, -0.1) is 0 Å². The van der Waals surface area contributed by atoms with Crippen molar-refractivity contribution in [3.05, 3.63) is 85.6 Å². The van der Waals surface area contributed by atoms with Crippen LogP contribution in [0, 0.1) is 27.3 Å². The van der Waals surface area contributed by atoms with Crippen molar-refractivity contribution in [2.75, 3.05) is 6.61 Å². The Bertz CT molecular complexity index is 1640. The van der Waals surface area contributed by atoms with Crippen molar-refractivity contribution >= 4 is 29.8 Å². The number of aryl methyl sites for hydroxylation is 1. The van der Waals surface area contributed by atoms with Crippen molar-refractivity contribution < 1.29 is 18.8 Å². The van der Waals surface area contributed by atoms with Gasteiger partial charge in [0.25, 0.3) is 0 Å². The van der Waals surface area contributed by atoms with Gasteiger partial charge in [-0.1, -0.05) is 25.7 Å². The first kappa shape index (κ1) is 31.0. The van der Waals surface area contributed by atoms with Crippen LogP contribution in [-0.2, 0) is 24.9 Å². The number of pyridine rings is 1. The summed E-state index contributed by atoms with van der Waals surface area (Å²) in [6.07, 6.45) is 2.61. The Balaban J connectivity index is 1.63. The molecule has 0 bridgehead atoms. The SMILES string of the molecule is CC(Oc1cc(Br)cnc1[N+](=O)[O-])c1ccc(F)cc1-c1c(Cc2cc(C#N)n(COCC[Si](C)(C)C)n2)cnn1C. The van der Waals surface area contributed by atoms with E-state index in [1.165, 1.54) is 29.1 Å². The van der Waals surface area contributed by atoms with E-state index in [-0.39, 0.29) is 12.5 Å². The Hall–Kier alpha value is -3.93. The first-order chi connectivity index (χ1) is 19.9. The molecule has 3 heterocycles. The van der Waals surface area contributed by atoms with Gasteiger partial charge in [-0.3, -0.25) is 4.68 Å². The van der Waals surface area contributed by atoms with Crippen LogP contribution in [0.25, 0.3) is 11.3 Å². The highest BCUT2D eigenvalue weighted by atomic mass is 79.9. The van der Waals surface area contributed by atoms with Gasteiger partial charge in [0.2, 0.25) is 5.75 Å². The normalized spacial score (nSPS) is 12.2. The fourth-order valence-corrected chi connectivity index (χ4v) is 5.48. The molecule has 0 spiro atoms. The number of hydrogen-bond donors (Lipinski definition) is 0. The molecule has 4 aromatic rings. The lowest BCUT2D eigenvalue weighted by atomic mass is 9.96. The number of nitrogens with zero attached hydrogens (tertiary/aromatic N) is 7. The van der Waals surface area contributed by atoms with Gasteiger partial charge < -0.3 is 19.6 Å². The molecule has 3 aromatic heterocycles. The van der Waals surface area contributed by atoms with E-state index in [1.807, 2.05) is 0 Å². The quantitative estimate of drug-likeness (QED) is 0.0740. The summed E-state index contributed by atoms with van der Waals surface area (Å²) in [6.45, 7) is 9.31. The second-order valence-electron chi connectivity index (χ2n) is 11.0. The van der Waals surface area contributed by atoms with Crippen LogP contribution in [-0.4, -0.2) is 44.1 Å². The van der Waals surface area contributed by atoms with E-state index in [4.69, 9.17) is 9.47 Å². The van der Waals surface area contributed by atoms with Gasteiger partial charge in [0.15, 0.2) is 6.20 Å². The van der Waals surface area contributed by atoms with Gasteiger partial charge in [-0.2, -0.15) is 15.5 Å². The zero-order chi connectivity index (χ0) is 30.6. The predicted molar refractivity (Wildman–Crippen MR) is 160 cm³/mol. The van der Waals surface area contributed by atoms with E-state index < -0.39 is 30.7 Å². The number of halogens is 2. The molecule has 11 nitrogen and oxygen atoms in total. The summed E-state index contributed by atoms with van der Waals surface area (Å²) in [5.74, 6) is -0.915. The molecule has 1 atom stereocenters. The molecule has 0 fully saturated rings. The highest BCUT2D eigenvalue weighted by Gasteiger charge is 2.25. The zero-order valence-corrected chi connectivity index (χ0v) is 26.6. The summed E-state index contributed by atoms with van der Waals surface area (Å²) in [7, 11) is 0.495. The number of rotatable bonds is 12. The maximum Gasteiger partial charge on any atom is 0.406 e. The lowest BCUT2D eigenvalue weighted by Crippen LogP contribution is -2.22. The first-order valence-electron chi connectivity index (χ1n) is 13.2. The average Bonchev–Trinajstić information content (AvgIpc) is 3.47. The molecule has 0 saturated carbocycles. The summed E-state index contributed by atoms with van der Waals surface area (Å²) < 4.78 is 30.1. The molecular weight excluding hydrogens is 625 g/mol. The standard InChI is InChI=1S/C28H31BrFN7O4Si/c1-18(41-26-11-20(29)16-32-28(26)37(38)39)24-7-6-21(30)12-25(24)27-19(15-33-35(27)2)10-22-13-23(14-31)36(34-22)17-40-8-9-42(3,4)5/h6-7,11-13,15-16,18H,8-10,17H2,1-5H3. The third-order valence-corrected chi connectivity index (χ3v) is 8.66. The topological polar surface area (TPSA) is 134 Å². The molecule has 0 N–H and O–H groups in total. The summed E-state index contributed by atoms with van der Waals surface area (Å²) in [5.41, 5.74) is 3.49. The van der Waals surface area contributed by atoms with Crippen molar-refractivity contribution in [2.45, 2.75) is 51.9 Å². The average molecular weight is 657 g/mol. The van der Waals surface area contributed by atoms with E-state index in [0.717, 1.165) is 11.6 Å². The van der Waals surface area contributed by atoms with Crippen molar-refractivity contribution in [1.29, 1.82) is 5.26 Å². The summed E-state index contributed by atoms with van der Waals surface area (Å²) in [4.78, 5) is 14.8. The number of nitriles is 1. The van der Waals surface area contributed by atoms with Crippen molar-refractivity contribution in [3.63, 3.8) is 0 Å². The first-order valence-corrected chi connectivity index (χ1v) is 17.7. The molecule has 0 aliphatic carbocycles. The smallest absolute Gasteiger partial charge is 0.406 e. The number of benzene rings is 1. The number of hydrogen-bond acceptors (Lipinski definition) is 8. The van der Waals surface area contributed by atoms with Crippen molar-refractivity contribution in [3.8, 4) is 23.1 Å². The molecule has 0 aliphatic heterocycles. The van der Waals surface area contributed by atoms with Crippen LogP contribution >= 0.6 is 15.9 Å². The lowest BCUT2D eigenvalue weighted by Gasteiger charge is -2.19. The van der Waals surface area contributed by atoms with Crippen LogP contribution < -0.4 is 4.74 Å². The Morgan fingerprint density at radius 3 is 2.69 bits per heavy atom. The Labute approximate surface area is 252 Å². The van der Waals surface area contributed by atoms with Gasteiger partial charge in [-0.25, -0.2) is 9.07 Å². The van der Waals surface area contributed by atoms with E-state index in [9.17, 15) is 19.8 Å². The fraction of sp³-hybridized carbons (Fsp3) is 0.357. The molecule has 42 heavy (non-hydrogen) atoms. The van der Waals surface area contributed by atoms with Crippen LogP contribution in [0.15, 0.2) is 47.2 Å². The minimum absolute atomic E-state index is 0.0241.